The molecule has 0 atom stereocenters. The van der Waals surface area contributed by atoms with Gasteiger partial charge in [0.1, 0.15) is 0 Å². The summed E-state index contributed by atoms with van der Waals surface area (Å²) in [7, 11) is 0. The first kappa shape index (κ1) is 13.7. The molecule has 0 N–H and O–H groups in total. The van der Waals surface area contributed by atoms with Crippen LogP contribution in [0.3, 0.4) is 0 Å². The molecule has 0 unspecified atom stereocenters. The van der Waals surface area contributed by atoms with Crippen LogP contribution in [0.2, 0.25) is 0 Å². The van der Waals surface area contributed by atoms with Crippen molar-refractivity contribution in [1.29, 1.82) is 0 Å². The van der Waals surface area contributed by atoms with Crippen LogP contribution in [0.25, 0.3) is 6.08 Å². The van der Waals surface area contributed by atoms with E-state index in [9.17, 15) is 4.79 Å². The smallest absolute Gasteiger partial charge is 0.246 e. The average molecular weight is 259 g/mol. The fraction of sp³-hybridized carbons (Fsp3) is 0.467. The molecule has 1 amide bonds. The number of hydrogen-bond acceptors (Lipinski definition) is 3. The Morgan fingerprint density at radius 1 is 1.37 bits per heavy atom. The topological polar surface area (TPSA) is 36.4 Å². The first-order valence-electron chi connectivity index (χ1n) is 6.89. The number of nitrogens with zero attached hydrogens (tertiary/aromatic N) is 3. The van der Waals surface area contributed by atoms with Crippen LogP contribution in [-0.4, -0.2) is 53.4 Å². The molecule has 0 spiro atoms. The zero-order valence-corrected chi connectivity index (χ0v) is 11.5. The summed E-state index contributed by atoms with van der Waals surface area (Å²) >= 11 is 0. The Labute approximate surface area is 114 Å². The van der Waals surface area contributed by atoms with Crippen molar-refractivity contribution in [2.24, 2.45) is 0 Å². The predicted molar refractivity (Wildman–Crippen MR) is 76.6 cm³/mol. The van der Waals surface area contributed by atoms with Crippen molar-refractivity contribution in [3.63, 3.8) is 0 Å². The van der Waals surface area contributed by atoms with E-state index in [1.54, 1.807) is 18.5 Å². The van der Waals surface area contributed by atoms with Gasteiger partial charge in [0.15, 0.2) is 0 Å². The third kappa shape index (κ3) is 4.17. The molecule has 2 rings (SSSR count). The van der Waals surface area contributed by atoms with E-state index in [-0.39, 0.29) is 5.91 Å². The van der Waals surface area contributed by atoms with E-state index in [0.29, 0.717) is 0 Å². The van der Waals surface area contributed by atoms with Crippen molar-refractivity contribution in [2.75, 3.05) is 32.7 Å². The average Bonchev–Trinajstić information content (AvgIpc) is 2.47. The zero-order valence-electron chi connectivity index (χ0n) is 11.5. The second-order valence-electron chi connectivity index (χ2n) is 4.79. The molecule has 4 nitrogen and oxygen atoms in total. The van der Waals surface area contributed by atoms with Gasteiger partial charge in [-0.1, -0.05) is 13.0 Å². The number of pyridine rings is 1. The molecule has 1 aromatic heterocycles. The maximum atomic E-state index is 12.0. The highest BCUT2D eigenvalue weighted by Gasteiger charge is 2.18. The molecule has 2 heterocycles. The quantitative estimate of drug-likeness (QED) is 0.771. The summed E-state index contributed by atoms with van der Waals surface area (Å²) in [5.41, 5.74) is 0.959. The highest BCUT2D eigenvalue weighted by molar-refractivity contribution is 5.91. The molecule has 1 saturated heterocycles. The third-order valence-electron chi connectivity index (χ3n) is 3.33. The predicted octanol–water partition coefficient (Wildman–Crippen LogP) is 1.65. The molecular weight excluding hydrogens is 238 g/mol. The first-order valence-corrected chi connectivity index (χ1v) is 6.89. The first-order chi connectivity index (χ1) is 9.29. The van der Waals surface area contributed by atoms with E-state index in [4.69, 9.17) is 0 Å². The molecule has 0 radical (unpaired) electrons. The molecule has 0 aliphatic carbocycles. The Bertz CT molecular complexity index is 422. The number of carbonyl (C=O) groups is 1. The minimum Gasteiger partial charge on any atom is -0.337 e. The maximum Gasteiger partial charge on any atom is 0.246 e. The number of rotatable bonds is 4. The lowest BCUT2D eigenvalue weighted by molar-refractivity contribution is -0.127. The van der Waals surface area contributed by atoms with Crippen LogP contribution in [-0.2, 0) is 4.79 Å². The molecule has 1 aromatic rings. The summed E-state index contributed by atoms with van der Waals surface area (Å²) in [4.78, 5) is 20.4. The molecule has 1 aliphatic heterocycles. The van der Waals surface area contributed by atoms with E-state index >= 15 is 0 Å². The van der Waals surface area contributed by atoms with E-state index in [2.05, 4.69) is 16.8 Å². The second-order valence-corrected chi connectivity index (χ2v) is 4.79. The van der Waals surface area contributed by atoms with Crippen LogP contribution < -0.4 is 0 Å². The molecule has 19 heavy (non-hydrogen) atoms. The fourth-order valence-electron chi connectivity index (χ4n) is 2.26. The molecular formula is C15H21N3O. The van der Waals surface area contributed by atoms with Gasteiger partial charge < -0.3 is 4.90 Å². The lowest BCUT2D eigenvalue weighted by Gasteiger charge is -2.34. The number of piperazine rings is 1. The number of aromatic nitrogens is 1. The van der Waals surface area contributed by atoms with Crippen molar-refractivity contribution >= 4 is 12.0 Å². The van der Waals surface area contributed by atoms with Crippen molar-refractivity contribution in [2.45, 2.75) is 13.3 Å². The number of hydrogen-bond donors (Lipinski definition) is 0. The zero-order chi connectivity index (χ0) is 13.5. The SMILES string of the molecule is CCCN1CCN(C(=O)/C=C/c2cccnc2)CC1. The minimum atomic E-state index is 0.0972. The maximum absolute atomic E-state index is 12.0. The van der Waals surface area contributed by atoms with Gasteiger partial charge in [-0.25, -0.2) is 0 Å². The Kier molecular flexibility index (Phi) is 5.10. The van der Waals surface area contributed by atoms with Gasteiger partial charge >= 0.3 is 0 Å². The van der Waals surface area contributed by atoms with Crippen LogP contribution in [0.15, 0.2) is 30.6 Å². The van der Waals surface area contributed by atoms with Gasteiger partial charge in [-0.05, 0) is 30.7 Å². The Balaban J connectivity index is 1.83. The van der Waals surface area contributed by atoms with Crippen LogP contribution in [0.5, 0.6) is 0 Å². The largest absolute Gasteiger partial charge is 0.337 e. The Hall–Kier alpha value is -1.68. The van der Waals surface area contributed by atoms with Gasteiger partial charge in [-0.2, -0.15) is 0 Å². The monoisotopic (exact) mass is 259 g/mol. The van der Waals surface area contributed by atoms with E-state index in [1.807, 2.05) is 23.1 Å². The standard InChI is InChI=1S/C15H21N3O/c1-2-8-17-9-11-18(12-10-17)15(19)6-5-14-4-3-7-16-13-14/h3-7,13H,2,8-12H2,1H3/b6-5+. The summed E-state index contributed by atoms with van der Waals surface area (Å²) < 4.78 is 0. The molecule has 0 bridgehead atoms. The van der Waals surface area contributed by atoms with Gasteiger partial charge in [-0.15, -0.1) is 0 Å². The van der Waals surface area contributed by atoms with Crippen molar-refractivity contribution in [3.05, 3.63) is 36.2 Å². The van der Waals surface area contributed by atoms with E-state index < -0.39 is 0 Å². The normalized spacial score (nSPS) is 17.0. The van der Waals surface area contributed by atoms with E-state index in [0.717, 1.165) is 38.3 Å². The summed E-state index contributed by atoms with van der Waals surface area (Å²) in [6, 6.07) is 3.81. The third-order valence-corrected chi connectivity index (χ3v) is 3.33. The van der Waals surface area contributed by atoms with Gasteiger partial charge in [0, 0.05) is 44.6 Å². The lowest BCUT2D eigenvalue weighted by atomic mass is 10.2. The van der Waals surface area contributed by atoms with Gasteiger partial charge in [0.25, 0.3) is 0 Å². The summed E-state index contributed by atoms with van der Waals surface area (Å²) in [6.45, 7) is 6.95. The molecule has 1 aliphatic rings. The molecule has 0 aromatic carbocycles. The lowest BCUT2D eigenvalue weighted by Crippen LogP contribution is -2.48. The highest BCUT2D eigenvalue weighted by atomic mass is 16.2. The van der Waals surface area contributed by atoms with Crippen LogP contribution in [0.1, 0.15) is 18.9 Å². The second kappa shape index (κ2) is 7.04. The summed E-state index contributed by atoms with van der Waals surface area (Å²) in [5.74, 6) is 0.0972. The molecule has 1 fully saturated rings. The van der Waals surface area contributed by atoms with Crippen molar-refractivity contribution in [1.82, 2.24) is 14.8 Å². The summed E-state index contributed by atoms with van der Waals surface area (Å²) in [5, 5.41) is 0. The number of carbonyl (C=O) groups excluding carboxylic acids is 1. The van der Waals surface area contributed by atoms with E-state index in [1.165, 1.54) is 6.42 Å². The Morgan fingerprint density at radius 3 is 2.79 bits per heavy atom. The van der Waals surface area contributed by atoms with Gasteiger partial charge in [0.05, 0.1) is 0 Å². The minimum absolute atomic E-state index is 0.0972. The molecule has 0 saturated carbocycles. The number of amides is 1. The van der Waals surface area contributed by atoms with Crippen molar-refractivity contribution in [3.8, 4) is 0 Å². The van der Waals surface area contributed by atoms with Gasteiger partial charge in [0.2, 0.25) is 5.91 Å². The van der Waals surface area contributed by atoms with Crippen molar-refractivity contribution < 1.29 is 4.79 Å². The fourth-order valence-corrected chi connectivity index (χ4v) is 2.26. The molecule has 102 valence electrons. The van der Waals surface area contributed by atoms with Crippen LogP contribution in [0.4, 0.5) is 0 Å². The highest BCUT2D eigenvalue weighted by Crippen LogP contribution is 2.05. The van der Waals surface area contributed by atoms with Crippen LogP contribution in [0, 0.1) is 0 Å². The Morgan fingerprint density at radius 2 is 2.16 bits per heavy atom. The molecule has 4 heteroatoms. The van der Waals surface area contributed by atoms with Gasteiger partial charge in [-0.3, -0.25) is 14.7 Å². The summed E-state index contributed by atoms with van der Waals surface area (Å²) in [6.07, 6.45) is 8.13. The van der Waals surface area contributed by atoms with Crippen LogP contribution >= 0.6 is 0 Å².